The van der Waals surface area contributed by atoms with Crippen molar-refractivity contribution in [2.45, 2.75) is 17.7 Å². The lowest BCUT2D eigenvalue weighted by Gasteiger charge is -2.30. The van der Waals surface area contributed by atoms with Gasteiger partial charge in [0.05, 0.1) is 4.90 Å². The second-order valence-electron chi connectivity index (χ2n) is 7.16. The number of benzene rings is 2. The van der Waals surface area contributed by atoms with Gasteiger partial charge < -0.3 is 4.42 Å². The third-order valence-electron chi connectivity index (χ3n) is 5.10. The van der Waals surface area contributed by atoms with Gasteiger partial charge in [-0.15, -0.1) is 5.10 Å². The Kier molecular flexibility index (Phi) is 6.22. The predicted molar refractivity (Wildman–Crippen MR) is 111 cm³/mol. The third kappa shape index (κ3) is 4.64. The van der Waals surface area contributed by atoms with Gasteiger partial charge in [-0.25, -0.2) is 17.2 Å². The lowest BCUT2D eigenvalue weighted by Crippen LogP contribution is -2.41. The van der Waals surface area contributed by atoms with Crippen LogP contribution in [0, 0.1) is 17.6 Å². The van der Waals surface area contributed by atoms with Crippen LogP contribution >= 0.6 is 11.6 Å². The lowest BCUT2D eigenvalue weighted by atomic mass is 9.97. The number of halogens is 3. The van der Waals surface area contributed by atoms with E-state index in [0.717, 1.165) is 16.4 Å². The molecule has 1 saturated heterocycles. The molecule has 1 aliphatic rings. The maximum Gasteiger partial charge on any atom is 0.322 e. The number of hydrogen-bond donors (Lipinski definition) is 1. The summed E-state index contributed by atoms with van der Waals surface area (Å²) >= 11 is 5.85. The molecule has 168 valence electrons. The summed E-state index contributed by atoms with van der Waals surface area (Å²) in [5.41, 5.74) is 0.637. The minimum absolute atomic E-state index is 0.0548. The maximum absolute atomic E-state index is 13.4. The zero-order chi connectivity index (χ0) is 22.9. The zero-order valence-electron chi connectivity index (χ0n) is 16.5. The van der Waals surface area contributed by atoms with Crippen LogP contribution < -0.4 is 5.32 Å². The van der Waals surface area contributed by atoms with Crippen molar-refractivity contribution in [2.24, 2.45) is 5.92 Å². The van der Waals surface area contributed by atoms with Crippen LogP contribution in [0.4, 0.5) is 14.8 Å². The molecule has 12 heteroatoms. The summed E-state index contributed by atoms with van der Waals surface area (Å²) < 4.78 is 58.5. The molecule has 0 spiro atoms. The van der Waals surface area contributed by atoms with E-state index in [0.29, 0.717) is 16.7 Å². The molecule has 1 N–H and O–H groups in total. The molecule has 2 aromatic carbocycles. The number of amides is 1. The maximum atomic E-state index is 13.4. The SMILES string of the molecule is O=C(Nc1nnc(-c2ccc(Cl)cc2)o1)C1CCN(S(=O)(=O)c2ccc(F)c(F)c2)CC1. The minimum Gasteiger partial charge on any atom is -0.403 e. The van der Waals surface area contributed by atoms with Crippen LogP contribution in [0.3, 0.4) is 0 Å². The number of rotatable bonds is 5. The van der Waals surface area contributed by atoms with Crippen molar-refractivity contribution >= 4 is 33.5 Å². The molecule has 1 fully saturated rings. The van der Waals surface area contributed by atoms with E-state index in [-0.39, 0.29) is 48.6 Å². The Balaban J connectivity index is 1.36. The Labute approximate surface area is 187 Å². The number of nitrogens with zero attached hydrogens (tertiary/aromatic N) is 3. The number of sulfonamides is 1. The van der Waals surface area contributed by atoms with Gasteiger partial charge in [0.1, 0.15) is 0 Å². The van der Waals surface area contributed by atoms with Gasteiger partial charge >= 0.3 is 6.01 Å². The molecular formula is C20H17ClF2N4O4S. The molecule has 32 heavy (non-hydrogen) atoms. The first kappa shape index (κ1) is 22.3. The second-order valence-corrected chi connectivity index (χ2v) is 9.54. The molecule has 0 aliphatic carbocycles. The van der Waals surface area contributed by atoms with E-state index in [1.54, 1.807) is 24.3 Å². The Hall–Kier alpha value is -2.89. The van der Waals surface area contributed by atoms with Crippen LogP contribution in [-0.4, -0.2) is 41.9 Å². The van der Waals surface area contributed by atoms with Gasteiger partial charge in [0, 0.05) is 29.6 Å². The van der Waals surface area contributed by atoms with Gasteiger partial charge in [-0.05, 0) is 55.3 Å². The van der Waals surface area contributed by atoms with E-state index in [1.165, 1.54) is 0 Å². The van der Waals surface area contributed by atoms with Crippen molar-refractivity contribution in [1.82, 2.24) is 14.5 Å². The fourth-order valence-electron chi connectivity index (χ4n) is 3.34. The molecule has 0 saturated carbocycles. The normalized spacial score (nSPS) is 15.6. The number of hydrogen-bond acceptors (Lipinski definition) is 6. The van der Waals surface area contributed by atoms with Crippen molar-refractivity contribution < 1.29 is 26.4 Å². The predicted octanol–water partition coefficient (Wildman–Crippen LogP) is 3.71. The molecule has 4 rings (SSSR count). The first-order chi connectivity index (χ1) is 15.2. The molecule has 0 radical (unpaired) electrons. The number of aromatic nitrogens is 2. The van der Waals surface area contributed by atoms with Gasteiger partial charge in [0.15, 0.2) is 11.6 Å². The number of nitrogens with one attached hydrogen (secondary N) is 1. The summed E-state index contributed by atoms with van der Waals surface area (Å²) in [7, 11) is -4.00. The van der Waals surface area contributed by atoms with E-state index in [9.17, 15) is 22.0 Å². The summed E-state index contributed by atoms with van der Waals surface area (Å²) in [6.07, 6.45) is 0.486. The molecule has 1 amide bonds. The van der Waals surface area contributed by atoms with Crippen molar-refractivity contribution in [3.63, 3.8) is 0 Å². The standard InChI is InChI=1S/C20H17ClF2N4O4S/c21-14-3-1-13(2-4-14)19-25-26-20(31-19)24-18(28)12-7-9-27(10-8-12)32(29,30)15-5-6-16(22)17(23)11-15/h1-6,11-12H,7-10H2,(H,24,26,28). The molecule has 8 nitrogen and oxygen atoms in total. The molecule has 1 aliphatic heterocycles. The number of anilines is 1. The lowest BCUT2D eigenvalue weighted by molar-refractivity contribution is -0.121. The Morgan fingerprint density at radius 3 is 2.41 bits per heavy atom. The van der Waals surface area contributed by atoms with Crippen LogP contribution in [0.15, 0.2) is 51.8 Å². The van der Waals surface area contributed by atoms with E-state index in [1.807, 2.05) is 0 Å². The van der Waals surface area contributed by atoms with Gasteiger partial charge in [-0.3, -0.25) is 10.1 Å². The molecule has 1 aromatic heterocycles. The first-order valence-corrected chi connectivity index (χ1v) is 11.4. The number of piperidine rings is 1. The molecule has 2 heterocycles. The van der Waals surface area contributed by atoms with Crippen LogP contribution in [0.2, 0.25) is 5.02 Å². The number of carbonyl (C=O) groups excluding carboxylic acids is 1. The fraction of sp³-hybridized carbons (Fsp3) is 0.250. The molecule has 0 atom stereocenters. The highest BCUT2D eigenvalue weighted by Gasteiger charge is 2.33. The van der Waals surface area contributed by atoms with Crippen molar-refractivity contribution in [3.8, 4) is 11.5 Å². The van der Waals surface area contributed by atoms with Crippen molar-refractivity contribution in [1.29, 1.82) is 0 Å². The van der Waals surface area contributed by atoms with Crippen LogP contribution in [0.5, 0.6) is 0 Å². The second kappa shape index (κ2) is 8.93. The topological polar surface area (TPSA) is 105 Å². The summed E-state index contributed by atoms with van der Waals surface area (Å²) in [5.74, 6) is -3.00. The largest absolute Gasteiger partial charge is 0.403 e. The molecular weight excluding hydrogens is 466 g/mol. The van der Waals surface area contributed by atoms with Crippen LogP contribution in [-0.2, 0) is 14.8 Å². The van der Waals surface area contributed by atoms with Crippen LogP contribution in [0.25, 0.3) is 11.5 Å². The Morgan fingerprint density at radius 2 is 1.75 bits per heavy atom. The van der Waals surface area contributed by atoms with Crippen molar-refractivity contribution in [2.75, 3.05) is 18.4 Å². The van der Waals surface area contributed by atoms with Crippen molar-refractivity contribution in [3.05, 3.63) is 59.1 Å². The van der Waals surface area contributed by atoms with Crippen LogP contribution in [0.1, 0.15) is 12.8 Å². The Morgan fingerprint density at radius 1 is 1.06 bits per heavy atom. The van der Waals surface area contributed by atoms with E-state index >= 15 is 0 Å². The highest BCUT2D eigenvalue weighted by Crippen LogP contribution is 2.26. The van der Waals surface area contributed by atoms with E-state index in [4.69, 9.17) is 16.0 Å². The summed E-state index contributed by atoms with van der Waals surface area (Å²) in [4.78, 5) is 12.2. The summed E-state index contributed by atoms with van der Waals surface area (Å²) in [5, 5.41) is 10.8. The quantitative estimate of drug-likeness (QED) is 0.594. The van der Waals surface area contributed by atoms with Gasteiger partial charge in [-0.1, -0.05) is 16.7 Å². The van der Waals surface area contributed by atoms with Gasteiger partial charge in [-0.2, -0.15) is 4.31 Å². The highest BCUT2D eigenvalue weighted by atomic mass is 35.5. The Bertz CT molecular complexity index is 1240. The average Bonchev–Trinajstić information content (AvgIpc) is 3.24. The summed E-state index contributed by atoms with van der Waals surface area (Å²) in [6.45, 7) is 0.110. The summed E-state index contributed by atoms with van der Waals surface area (Å²) in [6, 6.07) is 9.10. The minimum atomic E-state index is -4.00. The van der Waals surface area contributed by atoms with Gasteiger partial charge in [0.25, 0.3) is 0 Å². The van der Waals surface area contributed by atoms with Gasteiger partial charge in [0.2, 0.25) is 21.8 Å². The fourth-order valence-corrected chi connectivity index (χ4v) is 4.94. The monoisotopic (exact) mass is 482 g/mol. The zero-order valence-corrected chi connectivity index (χ0v) is 18.0. The van der Waals surface area contributed by atoms with E-state index < -0.39 is 27.6 Å². The molecule has 0 unspecified atom stereocenters. The molecule has 3 aromatic rings. The van der Waals surface area contributed by atoms with E-state index in [2.05, 4.69) is 15.5 Å². The smallest absolute Gasteiger partial charge is 0.322 e. The average molecular weight is 483 g/mol. The highest BCUT2D eigenvalue weighted by molar-refractivity contribution is 7.89. The third-order valence-corrected chi connectivity index (χ3v) is 7.25. The number of carbonyl (C=O) groups is 1. The first-order valence-electron chi connectivity index (χ1n) is 9.59. The molecule has 0 bridgehead atoms.